The first kappa shape index (κ1) is 13.9. The van der Waals surface area contributed by atoms with E-state index in [1.54, 1.807) is 20.1 Å². The van der Waals surface area contributed by atoms with Gasteiger partial charge in [0.2, 0.25) is 0 Å². The molecule has 0 fully saturated rings. The largest absolute Gasteiger partial charge is 0.497 e. The fourth-order valence-corrected chi connectivity index (χ4v) is 1.80. The number of benzene rings is 2. The number of carbonyl (C=O) groups excluding carboxylic acids is 1. The standard InChI is InChI=1S/C17H17NO2/c1-13(11-14-7-4-3-5-8-14)17(19)18-15-9-6-10-16(12-15)20-2/h3-12H,1-2H3,(H,18,19)/b13-11+. The summed E-state index contributed by atoms with van der Waals surface area (Å²) in [7, 11) is 1.60. The summed E-state index contributed by atoms with van der Waals surface area (Å²) in [6.45, 7) is 1.79. The Kier molecular flexibility index (Phi) is 4.56. The monoisotopic (exact) mass is 267 g/mol. The molecule has 0 heterocycles. The van der Waals surface area contributed by atoms with Crippen LogP contribution in [-0.4, -0.2) is 13.0 Å². The van der Waals surface area contributed by atoms with Gasteiger partial charge in [0, 0.05) is 17.3 Å². The highest BCUT2D eigenvalue weighted by Gasteiger charge is 2.05. The van der Waals surface area contributed by atoms with Gasteiger partial charge >= 0.3 is 0 Å². The van der Waals surface area contributed by atoms with E-state index in [9.17, 15) is 4.79 Å². The number of carbonyl (C=O) groups is 1. The zero-order valence-electron chi connectivity index (χ0n) is 11.6. The maximum absolute atomic E-state index is 12.1. The maximum Gasteiger partial charge on any atom is 0.251 e. The highest BCUT2D eigenvalue weighted by atomic mass is 16.5. The lowest BCUT2D eigenvalue weighted by Gasteiger charge is -2.07. The van der Waals surface area contributed by atoms with Gasteiger partial charge in [-0.15, -0.1) is 0 Å². The van der Waals surface area contributed by atoms with Gasteiger partial charge in [0.25, 0.3) is 5.91 Å². The van der Waals surface area contributed by atoms with E-state index in [0.717, 1.165) is 11.3 Å². The highest BCUT2D eigenvalue weighted by Crippen LogP contribution is 2.17. The average molecular weight is 267 g/mol. The number of hydrogen-bond acceptors (Lipinski definition) is 2. The Morgan fingerprint density at radius 1 is 1.10 bits per heavy atom. The van der Waals surface area contributed by atoms with Crippen LogP contribution in [0.3, 0.4) is 0 Å². The van der Waals surface area contributed by atoms with Crippen LogP contribution in [0.2, 0.25) is 0 Å². The van der Waals surface area contributed by atoms with Crippen molar-refractivity contribution >= 4 is 17.7 Å². The van der Waals surface area contributed by atoms with Gasteiger partial charge in [-0.25, -0.2) is 0 Å². The number of nitrogens with one attached hydrogen (secondary N) is 1. The summed E-state index contributed by atoms with van der Waals surface area (Å²) in [6.07, 6.45) is 1.86. The van der Waals surface area contributed by atoms with Crippen LogP contribution in [0.15, 0.2) is 60.2 Å². The third kappa shape index (κ3) is 3.72. The molecule has 2 aromatic carbocycles. The van der Waals surface area contributed by atoms with E-state index in [-0.39, 0.29) is 5.91 Å². The predicted octanol–water partition coefficient (Wildman–Crippen LogP) is 3.74. The molecule has 0 radical (unpaired) electrons. The Morgan fingerprint density at radius 2 is 1.85 bits per heavy atom. The fourth-order valence-electron chi connectivity index (χ4n) is 1.80. The normalized spacial score (nSPS) is 11.0. The van der Waals surface area contributed by atoms with E-state index in [4.69, 9.17) is 4.74 Å². The third-order valence-corrected chi connectivity index (χ3v) is 2.87. The molecule has 1 N–H and O–H groups in total. The number of hydrogen-bond donors (Lipinski definition) is 1. The molecule has 20 heavy (non-hydrogen) atoms. The molecule has 2 rings (SSSR count). The van der Waals surface area contributed by atoms with Crippen molar-refractivity contribution in [3.05, 3.63) is 65.7 Å². The van der Waals surface area contributed by atoms with Gasteiger partial charge < -0.3 is 10.1 Å². The van der Waals surface area contributed by atoms with Crippen molar-refractivity contribution in [3.63, 3.8) is 0 Å². The lowest BCUT2D eigenvalue weighted by Crippen LogP contribution is -2.12. The van der Waals surface area contributed by atoms with Crippen LogP contribution in [0.5, 0.6) is 5.75 Å². The Bertz CT molecular complexity index is 618. The second-order valence-corrected chi connectivity index (χ2v) is 4.42. The molecule has 0 aliphatic heterocycles. The molecule has 2 aromatic rings. The smallest absolute Gasteiger partial charge is 0.251 e. The van der Waals surface area contributed by atoms with Crippen molar-refractivity contribution in [1.82, 2.24) is 0 Å². The molecule has 0 saturated heterocycles. The Hall–Kier alpha value is -2.55. The number of ether oxygens (including phenoxy) is 1. The number of rotatable bonds is 4. The van der Waals surface area contributed by atoms with E-state index in [0.29, 0.717) is 11.3 Å². The van der Waals surface area contributed by atoms with Gasteiger partial charge in [0.1, 0.15) is 5.75 Å². The first-order chi connectivity index (χ1) is 9.69. The van der Waals surface area contributed by atoms with E-state index in [2.05, 4.69) is 5.32 Å². The Morgan fingerprint density at radius 3 is 2.55 bits per heavy atom. The van der Waals surface area contributed by atoms with E-state index in [1.165, 1.54) is 0 Å². The summed E-state index contributed by atoms with van der Waals surface area (Å²) >= 11 is 0. The Balaban J connectivity index is 2.09. The van der Waals surface area contributed by atoms with Crippen LogP contribution < -0.4 is 10.1 Å². The molecule has 0 atom stereocenters. The van der Waals surface area contributed by atoms with Gasteiger partial charge in [-0.3, -0.25) is 4.79 Å². The van der Waals surface area contributed by atoms with Crippen molar-refractivity contribution in [1.29, 1.82) is 0 Å². The molecule has 0 spiro atoms. The molecule has 0 aliphatic rings. The van der Waals surface area contributed by atoms with Crippen LogP contribution in [0.4, 0.5) is 5.69 Å². The average Bonchev–Trinajstić information content (AvgIpc) is 2.48. The molecule has 0 saturated carbocycles. The zero-order chi connectivity index (χ0) is 14.4. The maximum atomic E-state index is 12.1. The van der Waals surface area contributed by atoms with Crippen molar-refractivity contribution in [2.75, 3.05) is 12.4 Å². The third-order valence-electron chi connectivity index (χ3n) is 2.87. The van der Waals surface area contributed by atoms with Crippen LogP contribution >= 0.6 is 0 Å². The molecule has 3 nitrogen and oxygen atoms in total. The van der Waals surface area contributed by atoms with Crippen LogP contribution in [0, 0.1) is 0 Å². The molecule has 0 aliphatic carbocycles. The van der Waals surface area contributed by atoms with Crippen molar-refractivity contribution in [2.45, 2.75) is 6.92 Å². The first-order valence-electron chi connectivity index (χ1n) is 6.38. The molecular formula is C17H17NO2. The van der Waals surface area contributed by atoms with Gasteiger partial charge in [0.05, 0.1) is 7.11 Å². The van der Waals surface area contributed by atoms with Gasteiger partial charge in [0.15, 0.2) is 0 Å². The van der Waals surface area contributed by atoms with E-state index < -0.39 is 0 Å². The predicted molar refractivity (Wildman–Crippen MR) is 81.7 cm³/mol. The Labute approximate surface area is 118 Å². The van der Waals surface area contributed by atoms with Crippen molar-refractivity contribution < 1.29 is 9.53 Å². The highest BCUT2D eigenvalue weighted by molar-refractivity contribution is 6.06. The molecule has 1 amide bonds. The second-order valence-electron chi connectivity index (χ2n) is 4.42. The minimum Gasteiger partial charge on any atom is -0.497 e. The molecule has 0 unspecified atom stereocenters. The molecular weight excluding hydrogens is 250 g/mol. The molecule has 0 bridgehead atoms. The SMILES string of the molecule is COc1cccc(NC(=O)/C(C)=C/c2ccccc2)c1. The van der Waals surface area contributed by atoms with Crippen LogP contribution in [-0.2, 0) is 4.79 Å². The molecule has 102 valence electrons. The quantitative estimate of drug-likeness (QED) is 0.857. The lowest BCUT2D eigenvalue weighted by molar-refractivity contribution is -0.112. The first-order valence-corrected chi connectivity index (χ1v) is 6.38. The lowest BCUT2D eigenvalue weighted by atomic mass is 10.1. The minimum atomic E-state index is -0.123. The summed E-state index contributed by atoms with van der Waals surface area (Å²) in [5, 5.41) is 2.85. The molecule has 3 heteroatoms. The number of methoxy groups -OCH3 is 1. The van der Waals surface area contributed by atoms with E-state index in [1.807, 2.05) is 54.6 Å². The summed E-state index contributed by atoms with van der Waals surface area (Å²) in [5.41, 5.74) is 2.37. The van der Waals surface area contributed by atoms with Gasteiger partial charge in [-0.05, 0) is 30.7 Å². The zero-order valence-corrected chi connectivity index (χ0v) is 11.6. The van der Waals surface area contributed by atoms with Gasteiger partial charge in [-0.1, -0.05) is 36.4 Å². The van der Waals surface area contributed by atoms with Crippen LogP contribution in [0.1, 0.15) is 12.5 Å². The van der Waals surface area contributed by atoms with E-state index >= 15 is 0 Å². The number of anilines is 1. The second kappa shape index (κ2) is 6.57. The molecule has 0 aromatic heterocycles. The minimum absolute atomic E-state index is 0.123. The van der Waals surface area contributed by atoms with Gasteiger partial charge in [-0.2, -0.15) is 0 Å². The fraction of sp³-hybridized carbons (Fsp3) is 0.118. The topological polar surface area (TPSA) is 38.3 Å². The summed E-state index contributed by atoms with van der Waals surface area (Å²) in [4.78, 5) is 12.1. The number of amides is 1. The summed E-state index contributed by atoms with van der Waals surface area (Å²) in [5.74, 6) is 0.592. The van der Waals surface area contributed by atoms with Crippen LogP contribution in [0.25, 0.3) is 6.08 Å². The van der Waals surface area contributed by atoms with Crippen molar-refractivity contribution in [3.8, 4) is 5.75 Å². The summed E-state index contributed by atoms with van der Waals surface area (Å²) < 4.78 is 5.13. The summed E-state index contributed by atoms with van der Waals surface area (Å²) in [6, 6.07) is 17.0. The van der Waals surface area contributed by atoms with Crippen molar-refractivity contribution in [2.24, 2.45) is 0 Å².